The molecule has 0 radical (unpaired) electrons. The number of nitrogens with one attached hydrogen (secondary N) is 1. The van der Waals surface area contributed by atoms with Gasteiger partial charge in [0.05, 0.1) is 11.0 Å². The van der Waals surface area contributed by atoms with E-state index in [9.17, 15) is 14.4 Å². The maximum atomic E-state index is 12.5. The first-order valence-electron chi connectivity index (χ1n) is 7.97. The Kier molecular flexibility index (Phi) is 5.41. The van der Waals surface area contributed by atoms with E-state index in [4.69, 9.17) is 5.11 Å². The highest BCUT2D eigenvalue weighted by atomic mass is 16.4. The molecule has 0 aliphatic carbocycles. The van der Waals surface area contributed by atoms with Crippen molar-refractivity contribution in [2.24, 2.45) is 5.41 Å². The lowest BCUT2D eigenvalue weighted by Crippen LogP contribution is -2.41. The van der Waals surface area contributed by atoms with Gasteiger partial charge in [-0.3, -0.25) is 9.59 Å². The highest BCUT2D eigenvalue weighted by molar-refractivity contribution is 5.87. The van der Waals surface area contributed by atoms with Gasteiger partial charge in [-0.15, -0.1) is 0 Å². The largest absolute Gasteiger partial charge is 0.478 e. The Morgan fingerprint density at radius 2 is 1.76 bits per heavy atom. The minimum Gasteiger partial charge on any atom is -0.478 e. The van der Waals surface area contributed by atoms with E-state index in [1.807, 2.05) is 6.92 Å². The topological polar surface area (TPSA) is 88.4 Å². The molecule has 1 aromatic heterocycles. The fourth-order valence-electron chi connectivity index (χ4n) is 2.46. The molecule has 0 unspecified atom stereocenters. The smallest absolute Gasteiger partial charge is 0.335 e. The third-order valence-corrected chi connectivity index (χ3v) is 3.97. The molecule has 132 valence electrons. The van der Waals surface area contributed by atoms with Crippen molar-refractivity contribution < 1.29 is 14.7 Å². The molecule has 2 rings (SSSR count). The van der Waals surface area contributed by atoms with Crippen LogP contribution in [0, 0.1) is 12.3 Å². The lowest BCUT2D eigenvalue weighted by Gasteiger charge is -2.24. The Labute approximate surface area is 146 Å². The molecule has 0 saturated heterocycles. The number of amides is 1. The van der Waals surface area contributed by atoms with Gasteiger partial charge in [-0.05, 0) is 44.0 Å². The second-order valence-electron chi connectivity index (χ2n) is 6.74. The molecule has 0 saturated carbocycles. The summed E-state index contributed by atoms with van der Waals surface area (Å²) < 4.78 is 1.54. The average molecular weight is 342 g/mol. The number of nitrogens with zero attached hydrogens (tertiary/aromatic N) is 1. The van der Waals surface area contributed by atoms with Gasteiger partial charge in [0.1, 0.15) is 0 Å². The molecule has 1 aromatic carbocycles. The number of carbonyl (C=O) groups is 2. The van der Waals surface area contributed by atoms with Crippen molar-refractivity contribution in [3.63, 3.8) is 0 Å². The van der Waals surface area contributed by atoms with Crippen LogP contribution >= 0.6 is 0 Å². The number of aryl methyl sites for hydroxylation is 1. The molecule has 1 heterocycles. The van der Waals surface area contributed by atoms with Gasteiger partial charge in [-0.1, -0.05) is 18.2 Å². The fourth-order valence-corrected chi connectivity index (χ4v) is 2.46. The van der Waals surface area contributed by atoms with Gasteiger partial charge in [0.25, 0.3) is 5.56 Å². The minimum absolute atomic E-state index is 0.143. The Bertz CT molecular complexity index is 835. The molecule has 6 heteroatoms. The number of carboxylic acid groups (broad SMARTS) is 1. The van der Waals surface area contributed by atoms with E-state index < -0.39 is 11.4 Å². The van der Waals surface area contributed by atoms with Crippen molar-refractivity contribution in [1.82, 2.24) is 9.88 Å². The number of aromatic carboxylic acids is 1. The minimum atomic E-state index is -0.986. The molecule has 0 bridgehead atoms. The molecule has 0 spiro atoms. The summed E-state index contributed by atoms with van der Waals surface area (Å²) in [6.45, 7) is 6.03. The molecule has 2 aromatic rings. The van der Waals surface area contributed by atoms with Crippen molar-refractivity contribution in [1.29, 1.82) is 0 Å². The lowest BCUT2D eigenvalue weighted by atomic mass is 9.92. The number of aromatic nitrogens is 1. The number of pyridine rings is 1. The van der Waals surface area contributed by atoms with Gasteiger partial charge in [-0.2, -0.15) is 0 Å². The highest BCUT2D eigenvalue weighted by Gasteiger charge is 2.28. The van der Waals surface area contributed by atoms with E-state index in [0.717, 1.165) is 11.1 Å². The van der Waals surface area contributed by atoms with E-state index >= 15 is 0 Å². The number of carboxylic acids is 1. The number of carbonyl (C=O) groups excluding carboxylic acids is 1. The first-order valence-corrected chi connectivity index (χ1v) is 7.97. The second-order valence-corrected chi connectivity index (χ2v) is 6.74. The molecule has 0 atom stereocenters. The zero-order valence-corrected chi connectivity index (χ0v) is 14.6. The Balaban J connectivity index is 2.02. The van der Waals surface area contributed by atoms with Crippen LogP contribution in [-0.4, -0.2) is 21.6 Å². The van der Waals surface area contributed by atoms with Gasteiger partial charge < -0.3 is 15.0 Å². The SMILES string of the molecule is Cc1ccc(=O)n(CC(C)(C)C(=O)NCc2ccc(C(=O)O)cc2)c1. The molecule has 6 nitrogen and oxygen atoms in total. The molecule has 0 aliphatic heterocycles. The zero-order valence-electron chi connectivity index (χ0n) is 14.6. The van der Waals surface area contributed by atoms with E-state index in [1.165, 1.54) is 22.8 Å². The maximum Gasteiger partial charge on any atom is 0.335 e. The maximum absolute atomic E-state index is 12.5. The van der Waals surface area contributed by atoms with Crippen molar-refractivity contribution in [3.8, 4) is 0 Å². The van der Waals surface area contributed by atoms with Gasteiger partial charge in [0.15, 0.2) is 0 Å². The molecule has 1 amide bonds. The molecule has 0 fully saturated rings. The van der Waals surface area contributed by atoms with Gasteiger partial charge in [0.2, 0.25) is 5.91 Å². The van der Waals surface area contributed by atoms with Crippen LogP contribution < -0.4 is 10.9 Å². The van der Waals surface area contributed by atoms with Crippen molar-refractivity contribution in [2.45, 2.75) is 33.9 Å². The second kappa shape index (κ2) is 7.34. The van der Waals surface area contributed by atoms with Crippen LogP contribution in [0.1, 0.15) is 35.3 Å². The Morgan fingerprint density at radius 3 is 2.36 bits per heavy atom. The van der Waals surface area contributed by atoms with Gasteiger partial charge >= 0.3 is 5.97 Å². The summed E-state index contributed by atoms with van der Waals surface area (Å²) >= 11 is 0. The standard InChI is InChI=1S/C19H22N2O4/c1-13-4-9-16(22)21(11-13)12-19(2,3)18(25)20-10-14-5-7-15(8-6-14)17(23)24/h4-9,11H,10,12H2,1-3H3,(H,20,25)(H,23,24). The quantitative estimate of drug-likeness (QED) is 0.842. The van der Waals surface area contributed by atoms with Crippen LogP contribution in [-0.2, 0) is 17.9 Å². The van der Waals surface area contributed by atoms with Gasteiger partial charge in [-0.25, -0.2) is 4.79 Å². The first-order chi connectivity index (χ1) is 11.7. The lowest BCUT2D eigenvalue weighted by molar-refractivity contribution is -0.130. The summed E-state index contributed by atoms with van der Waals surface area (Å²) in [6.07, 6.45) is 1.74. The van der Waals surface area contributed by atoms with Crippen LogP contribution in [0.15, 0.2) is 47.4 Å². The highest BCUT2D eigenvalue weighted by Crippen LogP contribution is 2.18. The summed E-state index contributed by atoms with van der Waals surface area (Å²) in [5, 5.41) is 11.7. The third-order valence-electron chi connectivity index (χ3n) is 3.97. The number of hydrogen-bond donors (Lipinski definition) is 2. The van der Waals surface area contributed by atoms with Crippen molar-refractivity contribution in [3.05, 3.63) is 69.6 Å². The predicted octanol–water partition coefficient (Wildman–Crippen LogP) is 2.20. The van der Waals surface area contributed by atoms with Crippen LogP contribution in [0.5, 0.6) is 0 Å². The van der Waals surface area contributed by atoms with E-state index in [1.54, 1.807) is 38.2 Å². The Hall–Kier alpha value is -2.89. The summed E-state index contributed by atoms with van der Waals surface area (Å²) in [4.78, 5) is 35.3. The molecular formula is C19H22N2O4. The molecule has 2 N–H and O–H groups in total. The van der Waals surface area contributed by atoms with Crippen LogP contribution in [0.3, 0.4) is 0 Å². The summed E-state index contributed by atoms with van der Waals surface area (Å²) in [5.41, 5.74) is 1.06. The van der Waals surface area contributed by atoms with Crippen LogP contribution in [0.25, 0.3) is 0 Å². The molecule has 25 heavy (non-hydrogen) atoms. The van der Waals surface area contributed by atoms with Crippen LogP contribution in [0.2, 0.25) is 0 Å². The number of rotatable bonds is 6. The van der Waals surface area contributed by atoms with E-state index in [-0.39, 0.29) is 23.6 Å². The van der Waals surface area contributed by atoms with Gasteiger partial charge in [0, 0.05) is 25.4 Å². The predicted molar refractivity (Wildman–Crippen MR) is 94.5 cm³/mol. The number of benzene rings is 1. The summed E-state index contributed by atoms with van der Waals surface area (Å²) in [6, 6.07) is 9.58. The van der Waals surface area contributed by atoms with E-state index in [2.05, 4.69) is 5.32 Å². The fraction of sp³-hybridized carbons (Fsp3) is 0.316. The zero-order chi connectivity index (χ0) is 18.6. The Morgan fingerprint density at radius 1 is 1.12 bits per heavy atom. The third kappa shape index (κ3) is 4.79. The van der Waals surface area contributed by atoms with Crippen molar-refractivity contribution in [2.75, 3.05) is 0 Å². The average Bonchev–Trinajstić information content (AvgIpc) is 2.56. The molecule has 0 aliphatic rings. The summed E-state index contributed by atoms with van der Waals surface area (Å²) in [7, 11) is 0. The first kappa shape index (κ1) is 18.4. The van der Waals surface area contributed by atoms with Crippen LogP contribution in [0.4, 0.5) is 0 Å². The van der Waals surface area contributed by atoms with Crippen molar-refractivity contribution >= 4 is 11.9 Å². The normalized spacial score (nSPS) is 11.2. The number of hydrogen-bond acceptors (Lipinski definition) is 3. The monoisotopic (exact) mass is 342 g/mol. The molecular weight excluding hydrogens is 320 g/mol. The summed E-state index contributed by atoms with van der Waals surface area (Å²) in [5.74, 6) is -1.16. The van der Waals surface area contributed by atoms with E-state index in [0.29, 0.717) is 6.54 Å².